The Morgan fingerprint density at radius 3 is 2.42 bits per heavy atom. The maximum absolute atomic E-state index is 12.7. The maximum atomic E-state index is 12.7. The van der Waals surface area contributed by atoms with E-state index in [1.54, 1.807) is 49.7 Å². The zero-order chi connectivity index (χ0) is 26.7. The van der Waals surface area contributed by atoms with Crippen LogP contribution in [0.1, 0.15) is 31.4 Å². The molecule has 0 aliphatic rings. The van der Waals surface area contributed by atoms with Crippen LogP contribution in [0.4, 0.5) is 29.5 Å². The van der Waals surface area contributed by atoms with E-state index in [4.69, 9.17) is 5.84 Å². The maximum Gasteiger partial charge on any atom is 0.416 e. The molecule has 36 heavy (non-hydrogen) atoms. The number of allylic oxidation sites excluding steroid dienone is 5. The van der Waals surface area contributed by atoms with E-state index in [-0.39, 0.29) is 11.6 Å². The van der Waals surface area contributed by atoms with Crippen LogP contribution < -0.4 is 27.2 Å². The van der Waals surface area contributed by atoms with Crippen molar-refractivity contribution < 1.29 is 22.8 Å². The van der Waals surface area contributed by atoms with Gasteiger partial charge in [0.1, 0.15) is 5.82 Å². The third-order valence-corrected chi connectivity index (χ3v) is 4.54. The van der Waals surface area contributed by atoms with Gasteiger partial charge in [0.25, 0.3) is 0 Å². The number of urea groups is 1. The van der Waals surface area contributed by atoms with Crippen LogP contribution in [0.2, 0.25) is 0 Å². The van der Waals surface area contributed by atoms with Crippen molar-refractivity contribution in [2.24, 2.45) is 5.84 Å². The van der Waals surface area contributed by atoms with Gasteiger partial charge in [0.2, 0.25) is 5.91 Å². The molecule has 0 radical (unpaired) electrons. The highest BCUT2D eigenvalue weighted by Gasteiger charge is 2.30. The van der Waals surface area contributed by atoms with Crippen molar-refractivity contribution in [3.05, 3.63) is 96.0 Å². The van der Waals surface area contributed by atoms with Crippen LogP contribution in [0.15, 0.2) is 84.9 Å². The van der Waals surface area contributed by atoms with Gasteiger partial charge in [-0.15, -0.1) is 0 Å². The first-order chi connectivity index (χ1) is 17.0. The number of anilines is 2. The Hall–Kier alpha value is -4.38. The Balaban J connectivity index is 2.12. The molecular formula is C25H27F3N6O2. The molecule has 2 aromatic rings. The summed E-state index contributed by atoms with van der Waals surface area (Å²) in [4.78, 5) is 27.8. The molecule has 1 aromatic heterocycles. The molecule has 0 saturated heterocycles. The number of nitrogens with two attached hydrogens (primary N) is 1. The van der Waals surface area contributed by atoms with E-state index in [2.05, 4.69) is 32.9 Å². The lowest BCUT2D eigenvalue weighted by Gasteiger charge is -2.12. The molecule has 0 unspecified atom stereocenters. The highest BCUT2D eigenvalue weighted by Crippen LogP contribution is 2.30. The van der Waals surface area contributed by atoms with E-state index in [1.807, 2.05) is 0 Å². The van der Waals surface area contributed by atoms with Gasteiger partial charge in [-0.3, -0.25) is 10.6 Å². The Labute approximate surface area is 206 Å². The van der Waals surface area contributed by atoms with Gasteiger partial charge in [-0.2, -0.15) is 13.2 Å². The van der Waals surface area contributed by atoms with Crippen LogP contribution in [0.25, 0.3) is 5.57 Å². The largest absolute Gasteiger partial charge is 0.416 e. The second-order valence-electron chi connectivity index (χ2n) is 7.54. The summed E-state index contributed by atoms with van der Waals surface area (Å²) in [7, 11) is 0. The molecule has 0 bridgehead atoms. The van der Waals surface area contributed by atoms with Gasteiger partial charge >= 0.3 is 12.2 Å². The molecule has 2 rings (SSSR count). The van der Waals surface area contributed by atoms with Gasteiger partial charge in [0.05, 0.1) is 5.56 Å². The predicted molar refractivity (Wildman–Crippen MR) is 134 cm³/mol. The minimum Gasteiger partial charge on any atom is -0.331 e. The van der Waals surface area contributed by atoms with Crippen LogP contribution in [-0.4, -0.2) is 16.9 Å². The van der Waals surface area contributed by atoms with E-state index in [0.29, 0.717) is 23.5 Å². The number of hydrazine groups is 1. The number of nitrogens with zero attached hydrogens (tertiary/aromatic N) is 1. The molecule has 0 aliphatic carbocycles. The Morgan fingerprint density at radius 2 is 1.83 bits per heavy atom. The van der Waals surface area contributed by atoms with Crippen molar-refractivity contribution in [2.75, 3.05) is 10.6 Å². The van der Waals surface area contributed by atoms with Crippen molar-refractivity contribution in [3.63, 3.8) is 0 Å². The molecule has 0 saturated carbocycles. The predicted octanol–water partition coefficient (Wildman–Crippen LogP) is 5.09. The minimum absolute atomic E-state index is 0.200. The molecular weight excluding hydrogens is 473 g/mol. The molecule has 1 heterocycles. The quantitative estimate of drug-likeness (QED) is 0.187. The molecule has 0 spiro atoms. The number of amides is 3. The van der Waals surface area contributed by atoms with Gasteiger partial charge < -0.3 is 21.4 Å². The second kappa shape index (κ2) is 12.9. The number of carbonyl (C=O) groups excluding carboxylic acids is 2. The van der Waals surface area contributed by atoms with E-state index < -0.39 is 17.8 Å². The van der Waals surface area contributed by atoms with Crippen molar-refractivity contribution in [1.29, 1.82) is 0 Å². The zero-order valence-corrected chi connectivity index (χ0v) is 19.7. The number of hydrogen-bond donors (Lipinski definition) is 5. The number of pyridine rings is 1. The van der Waals surface area contributed by atoms with Crippen molar-refractivity contribution in [2.45, 2.75) is 26.4 Å². The number of carbonyl (C=O) groups is 2. The third-order valence-electron chi connectivity index (χ3n) is 4.54. The molecule has 8 nitrogen and oxygen atoms in total. The first-order valence-corrected chi connectivity index (χ1v) is 10.7. The molecule has 190 valence electrons. The lowest BCUT2D eigenvalue weighted by Crippen LogP contribution is -2.27. The summed E-state index contributed by atoms with van der Waals surface area (Å²) in [5.41, 5.74) is 4.36. The highest BCUT2D eigenvalue weighted by atomic mass is 19.4. The van der Waals surface area contributed by atoms with Crippen molar-refractivity contribution in [3.8, 4) is 0 Å². The van der Waals surface area contributed by atoms with E-state index in [1.165, 1.54) is 19.1 Å². The smallest absolute Gasteiger partial charge is 0.331 e. The average molecular weight is 501 g/mol. The fraction of sp³-hybridized carbons (Fsp3) is 0.160. The summed E-state index contributed by atoms with van der Waals surface area (Å²) in [6, 6.07) is 6.90. The molecule has 0 fully saturated rings. The summed E-state index contributed by atoms with van der Waals surface area (Å²) in [5.74, 6) is 5.60. The lowest BCUT2D eigenvalue weighted by molar-refractivity contribution is -0.137. The Morgan fingerprint density at radius 1 is 1.14 bits per heavy atom. The van der Waals surface area contributed by atoms with Gasteiger partial charge in [-0.1, -0.05) is 12.7 Å². The number of nitrogens with one attached hydrogen (secondary N) is 4. The van der Waals surface area contributed by atoms with Gasteiger partial charge in [-0.25, -0.2) is 9.78 Å². The first kappa shape index (κ1) is 27.9. The first-order valence-electron chi connectivity index (χ1n) is 10.7. The molecule has 6 N–H and O–H groups in total. The fourth-order valence-electron chi connectivity index (χ4n) is 3.07. The summed E-state index contributed by atoms with van der Waals surface area (Å²) < 4.78 is 38.2. The van der Waals surface area contributed by atoms with Gasteiger partial charge in [-0.05, 0) is 78.6 Å². The third kappa shape index (κ3) is 9.11. The summed E-state index contributed by atoms with van der Waals surface area (Å²) >= 11 is 0. The zero-order valence-electron chi connectivity index (χ0n) is 19.7. The van der Waals surface area contributed by atoms with Crippen molar-refractivity contribution >= 4 is 29.0 Å². The molecule has 11 heteroatoms. The van der Waals surface area contributed by atoms with Crippen LogP contribution in [0.5, 0.6) is 0 Å². The Bertz CT molecular complexity index is 1190. The normalized spacial score (nSPS) is 12.3. The number of alkyl halides is 3. The molecule has 1 aromatic carbocycles. The number of halogens is 3. The van der Waals surface area contributed by atoms with Crippen LogP contribution in [0.3, 0.4) is 0 Å². The average Bonchev–Trinajstić information content (AvgIpc) is 2.78. The number of hydrogen-bond acceptors (Lipinski definition) is 5. The van der Waals surface area contributed by atoms with Gasteiger partial charge in [0, 0.05) is 30.7 Å². The van der Waals surface area contributed by atoms with E-state index in [9.17, 15) is 22.8 Å². The lowest BCUT2D eigenvalue weighted by atomic mass is 9.99. The SMILES string of the molecule is C=C(/C=C(\C=C/C)NC(=O)Nc1ccc(C(F)(F)F)cc1)C/C(=C\NN)c1ccnc(NC(C)=O)c1. The Kier molecular flexibility index (Phi) is 9.99. The molecule has 0 atom stereocenters. The van der Waals surface area contributed by atoms with Crippen LogP contribution in [0, 0.1) is 0 Å². The molecule has 3 amide bonds. The number of aromatic nitrogens is 1. The molecule has 0 aliphatic heterocycles. The van der Waals surface area contributed by atoms with Crippen molar-refractivity contribution in [1.82, 2.24) is 15.7 Å². The summed E-state index contributed by atoms with van der Waals surface area (Å²) in [5, 5.41) is 7.75. The van der Waals surface area contributed by atoms with E-state index in [0.717, 1.165) is 23.3 Å². The fourth-order valence-corrected chi connectivity index (χ4v) is 3.07. The topological polar surface area (TPSA) is 121 Å². The van der Waals surface area contributed by atoms with E-state index >= 15 is 0 Å². The van der Waals surface area contributed by atoms with Crippen LogP contribution >= 0.6 is 0 Å². The highest BCUT2D eigenvalue weighted by molar-refractivity contribution is 5.91. The standard InChI is InChI=1S/C25H27F3N6O2/c1-4-5-22(34-24(36)33-21-8-6-20(7-9-21)25(26,27)28)13-16(2)12-19(15-31-29)18-10-11-30-23(14-18)32-17(3)35/h4-11,13-15,31H,2,12,29H2,1,3H3,(H,30,32,35)(H2,33,34,36)/b5-4-,19-15+,22-13+. The monoisotopic (exact) mass is 500 g/mol. The van der Waals surface area contributed by atoms with Crippen LogP contribution in [-0.2, 0) is 11.0 Å². The number of benzene rings is 1. The second-order valence-corrected chi connectivity index (χ2v) is 7.54. The van der Waals surface area contributed by atoms with Gasteiger partial charge in [0.15, 0.2) is 0 Å². The minimum atomic E-state index is -4.46. The summed E-state index contributed by atoms with van der Waals surface area (Å²) in [6.45, 7) is 7.17. The summed E-state index contributed by atoms with van der Waals surface area (Å²) in [6.07, 6.45) is 3.98. The number of rotatable bonds is 9.